The molecule has 4 aromatic carbocycles. The number of methoxy groups -OCH3 is 1. The van der Waals surface area contributed by atoms with Crippen LogP contribution >= 0.6 is 10.3 Å². The highest BCUT2D eigenvalue weighted by Crippen LogP contribution is 2.69. The van der Waals surface area contributed by atoms with Crippen molar-refractivity contribution in [3.05, 3.63) is 103 Å². The van der Waals surface area contributed by atoms with Gasteiger partial charge in [-0.05, 0) is 133 Å². The highest BCUT2D eigenvalue weighted by molar-refractivity contribution is 8.32. The molecule has 0 radical (unpaired) electrons. The van der Waals surface area contributed by atoms with Crippen LogP contribution in [-0.2, 0) is 10.1 Å². The molecule has 1 N–H and O–H groups in total. The maximum atomic E-state index is 14.1. The summed E-state index contributed by atoms with van der Waals surface area (Å²) in [5.41, 5.74) is 0.194. The largest absolute Gasteiger partial charge is 0.497 e. The average Bonchev–Trinajstić information content (AvgIpc) is 2.91. The number of hydrogen-bond acceptors (Lipinski definition) is 5. The van der Waals surface area contributed by atoms with E-state index < -0.39 is 20.4 Å². The Hall–Kier alpha value is -3.46. The third-order valence-corrected chi connectivity index (χ3v) is 11.5. The van der Waals surface area contributed by atoms with E-state index in [1.54, 1.807) is 31.4 Å². The van der Waals surface area contributed by atoms with Crippen molar-refractivity contribution in [2.75, 3.05) is 7.11 Å². The summed E-state index contributed by atoms with van der Waals surface area (Å²) in [6.45, 7) is 13.8. The maximum Gasteiger partial charge on any atom is 0.422 e. The minimum Gasteiger partial charge on any atom is -0.497 e. The second kappa shape index (κ2) is 12.0. The molecule has 0 spiro atoms. The van der Waals surface area contributed by atoms with Gasteiger partial charge in [0.15, 0.2) is 0 Å². The zero-order chi connectivity index (χ0) is 30.8. The van der Waals surface area contributed by atoms with Crippen molar-refractivity contribution < 1.29 is 26.3 Å². The summed E-state index contributed by atoms with van der Waals surface area (Å²) >= 11 is 0. The van der Waals surface area contributed by atoms with Gasteiger partial charge in [0.25, 0.3) is 0 Å². The molecule has 0 atom stereocenters. The van der Waals surface area contributed by atoms with Crippen LogP contribution in [0.2, 0.25) is 0 Å². The predicted octanol–water partition coefficient (Wildman–Crippen LogP) is 9.04. The van der Waals surface area contributed by atoms with Crippen molar-refractivity contribution >= 4 is 20.4 Å². The first-order chi connectivity index (χ1) is 19.6. The van der Waals surface area contributed by atoms with E-state index in [1.165, 1.54) is 0 Å². The first-order valence-electron chi connectivity index (χ1n) is 13.7. The van der Waals surface area contributed by atoms with Gasteiger partial charge in [0.2, 0.25) is 0 Å². The van der Waals surface area contributed by atoms with E-state index in [0.717, 1.165) is 20.2 Å². The fourth-order valence-electron chi connectivity index (χ4n) is 4.33. The Bertz CT molecular complexity index is 1520. The van der Waals surface area contributed by atoms with Gasteiger partial charge in [-0.2, -0.15) is 0 Å². The monoisotopic (exact) mass is 609 g/mol. The van der Waals surface area contributed by atoms with Crippen LogP contribution in [-0.4, -0.2) is 30.4 Å². The quantitative estimate of drug-likeness (QED) is 0.140. The van der Waals surface area contributed by atoms with Crippen molar-refractivity contribution in [3.8, 4) is 17.2 Å². The molecule has 0 aliphatic rings. The van der Waals surface area contributed by atoms with Gasteiger partial charge in [-0.1, -0.05) is 17.7 Å². The molecule has 0 saturated carbocycles. The molecule has 0 amide bonds. The molecular formula is C34H41O6S2+. The lowest BCUT2D eigenvalue weighted by Crippen LogP contribution is -2.23. The fraction of sp³-hybridized carbons (Fsp3) is 0.294. The molecule has 0 aliphatic carbocycles. The van der Waals surface area contributed by atoms with Gasteiger partial charge < -0.3 is 14.2 Å². The normalized spacial score (nSPS) is 13.0. The number of benzene rings is 4. The van der Waals surface area contributed by atoms with Gasteiger partial charge in [-0.3, -0.25) is 3.63 Å². The minimum absolute atomic E-state index is 0.138. The molecule has 0 aliphatic heterocycles. The molecule has 8 heteroatoms. The van der Waals surface area contributed by atoms with Crippen molar-refractivity contribution in [2.45, 2.75) is 79.3 Å². The average molecular weight is 610 g/mol. The minimum atomic E-state index is -4.10. The smallest absolute Gasteiger partial charge is 0.422 e. The van der Waals surface area contributed by atoms with Crippen LogP contribution < -0.4 is 14.2 Å². The first kappa shape index (κ1) is 31.5. The van der Waals surface area contributed by atoms with E-state index in [4.69, 9.17) is 17.8 Å². The van der Waals surface area contributed by atoms with Crippen molar-refractivity contribution in [1.29, 1.82) is 0 Å². The molecule has 0 unspecified atom stereocenters. The highest BCUT2D eigenvalue weighted by Gasteiger charge is 2.44. The number of ether oxygens (including phenoxy) is 3. The Morgan fingerprint density at radius 2 is 0.857 bits per heavy atom. The Morgan fingerprint density at radius 3 is 1.19 bits per heavy atom. The lowest BCUT2D eigenvalue weighted by atomic mass is 10.2. The van der Waals surface area contributed by atoms with Crippen LogP contribution in [0.5, 0.6) is 17.2 Å². The van der Waals surface area contributed by atoms with E-state index in [9.17, 15) is 8.42 Å². The molecule has 0 saturated heterocycles. The Labute approximate surface area is 252 Å². The van der Waals surface area contributed by atoms with Gasteiger partial charge in [0, 0.05) is 0 Å². The molecule has 0 fully saturated rings. The zero-order valence-corrected chi connectivity index (χ0v) is 27.2. The van der Waals surface area contributed by atoms with Gasteiger partial charge in [-0.15, -0.1) is 8.42 Å². The van der Waals surface area contributed by atoms with Gasteiger partial charge in [0.05, 0.1) is 32.1 Å². The second-order valence-corrected chi connectivity index (χ2v) is 16.6. The first-order valence-corrected chi connectivity index (χ1v) is 16.8. The van der Waals surface area contributed by atoms with E-state index in [2.05, 4.69) is 0 Å². The lowest BCUT2D eigenvalue weighted by molar-refractivity contribution is 0.130. The number of rotatable bonds is 9. The predicted molar refractivity (Wildman–Crippen MR) is 170 cm³/mol. The van der Waals surface area contributed by atoms with E-state index in [-0.39, 0.29) is 16.1 Å². The summed E-state index contributed by atoms with van der Waals surface area (Å²) in [6.07, 6.45) is 0. The van der Waals surface area contributed by atoms with E-state index >= 15 is 0 Å². The van der Waals surface area contributed by atoms with Crippen molar-refractivity contribution in [1.82, 2.24) is 0 Å². The molecule has 0 aromatic heterocycles. The van der Waals surface area contributed by atoms with Crippen LogP contribution in [0.3, 0.4) is 0 Å². The highest BCUT2D eigenvalue weighted by atomic mass is 32.3. The van der Waals surface area contributed by atoms with Gasteiger partial charge in [-0.25, -0.2) is 0 Å². The van der Waals surface area contributed by atoms with Crippen LogP contribution in [0.4, 0.5) is 0 Å². The Morgan fingerprint density at radius 1 is 0.524 bits per heavy atom. The summed E-state index contributed by atoms with van der Waals surface area (Å²) in [4.78, 5) is 2.37. The van der Waals surface area contributed by atoms with Gasteiger partial charge >= 0.3 is 10.1 Å². The van der Waals surface area contributed by atoms with Crippen LogP contribution in [0.15, 0.2) is 117 Å². The molecule has 0 heterocycles. The van der Waals surface area contributed by atoms with Crippen molar-refractivity contribution in [3.63, 3.8) is 0 Å². The van der Waals surface area contributed by atoms with Crippen LogP contribution in [0, 0.1) is 6.92 Å². The van der Waals surface area contributed by atoms with Crippen LogP contribution in [0.25, 0.3) is 0 Å². The van der Waals surface area contributed by atoms with Crippen molar-refractivity contribution in [2.24, 2.45) is 0 Å². The SMILES string of the molecule is COc1ccc(S([OH+]S(=O)(=O)c2ccc(C)cc2)(c2ccc(OC(C)(C)C)cc2)c2ccc(OC(C)(C)C)cc2)cc1. The van der Waals surface area contributed by atoms with Gasteiger partial charge in [0.1, 0.15) is 33.3 Å². The number of hydrogen-bond donors (Lipinski definition) is 0. The molecule has 4 aromatic rings. The summed E-state index contributed by atoms with van der Waals surface area (Å²) < 4.78 is 50.6. The van der Waals surface area contributed by atoms with Crippen LogP contribution in [0.1, 0.15) is 47.1 Å². The zero-order valence-electron chi connectivity index (χ0n) is 25.5. The third-order valence-electron chi connectivity index (χ3n) is 6.11. The maximum absolute atomic E-state index is 14.1. The van der Waals surface area contributed by atoms with E-state index in [1.807, 2.05) is 121 Å². The fourth-order valence-corrected chi connectivity index (χ4v) is 9.77. The molecule has 42 heavy (non-hydrogen) atoms. The Balaban J connectivity index is 1.97. The summed E-state index contributed by atoms with van der Waals surface area (Å²) in [5.74, 6) is 2.03. The molecule has 4 rings (SSSR count). The summed E-state index contributed by atoms with van der Waals surface area (Å²) in [7, 11) is -5.23. The Kier molecular flexibility index (Phi) is 9.02. The standard InChI is InChI=1S/C34H40O6S2/c1-25-9-17-32(18-10-25)42(35,36)40-41(29-19-11-26(37-8)12-20-29,30-21-13-27(14-22-30)38-33(2,3)4)31-23-15-28(16-24-31)39-34(5,6)7/h9-24H,1-8H3/p+1. The molecule has 0 bridgehead atoms. The lowest BCUT2D eigenvalue weighted by Gasteiger charge is -2.35. The molecular weight excluding hydrogens is 569 g/mol. The molecule has 6 nitrogen and oxygen atoms in total. The second-order valence-electron chi connectivity index (χ2n) is 12.0. The summed E-state index contributed by atoms with van der Waals surface area (Å²) in [6, 6.07) is 29.3. The summed E-state index contributed by atoms with van der Waals surface area (Å²) in [5, 5.41) is 0. The molecule has 224 valence electrons. The van der Waals surface area contributed by atoms with E-state index in [0.29, 0.717) is 17.2 Å². The topological polar surface area (TPSA) is 74.6 Å². The third kappa shape index (κ3) is 7.48. The number of aryl methyl sites for hydroxylation is 1.